The van der Waals surface area contributed by atoms with Crippen LogP contribution < -0.4 is 37.2 Å². The van der Waals surface area contributed by atoms with E-state index in [9.17, 15) is 0 Å². The minimum Gasteiger partial charge on any atom is -1.00 e. The molecular weight excluding hydrogens is 419 g/mol. The molecule has 4 heteroatoms. The molecule has 0 saturated carbocycles. The predicted molar refractivity (Wildman–Crippen MR) is 44.6 cm³/mol. The van der Waals surface area contributed by atoms with Crippen molar-refractivity contribution in [3.63, 3.8) is 0 Å². The Morgan fingerprint density at radius 1 is 0.929 bits per heavy atom. The van der Waals surface area contributed by atoms with Crippen LogP contribution in [-0.2, 0) is 20.1 Å². The van der Waals surface area contributed by atoms with Gasteiger partial charge in [-0.2, -0.15) is 11.1 Å². The third-order valence-electron chi connectivity index (χ3n) is 2.56. The van der Waals surface area contributed by atoms with Gasteiger partial charge in [0.2, 0.25) is 0 Å². The summed E-state index contributed by atoms with van der Waals surface area (Å²) < 4.78 is 0. The van der Waals surface area contributed by atoms with Gasteiger partial charge in [0.05, 0.1) is 0 Å². The van der Waals surface area contributed by atoms with Crippen LogP contribution in [0, 0.1) is 11.5 Å². The number of halogens is 3. The Kier molecular flexibility index (Phi) is 14.2. The molecule has 0 atom stereocenters. The molecule has 0 N–H and O–H groups in total. The van der Waals surface area contributed by atoms with Gasteiger partial charge in [0, 0.05) is 0 Å². The Bertz CT molecular complexity index is 230. The van der Waals surface area contributed by atoms with Gasteiger partial charge in [0.25, 0.3) is 0 Å². The molecule has 0 aliphatic heterocycles. The molecule has 1 aliphatic carbocycles. The van der Waals surface area contributed by atoms with Crippen molar-refractivity contribution in [2.24, 2.45) is 5.41 Å². The van der Waals surface area contributed by atoms with E-state index in [0.29, 0.717) is 0 Å². The maximum Gasteiger partial charge on any atom is 3.00 e. The molecule has 0 radical (unpaired) electrons. The van der Waals surface area contributed by atoms with Crippen molar-refractivity contribution in [2.75, 3.05) is 0 Å². The van der Waals surface area contributed by atoms with E-state index in [1.807, 2.05) is 0 Å². The fraction of sp³-hybridized carbons (Fsp3) is 0.600. The monoisotopic (exact) mass is 433 g/mol. The zero-order chi connectivity index (χ0) is 7.94. The normalized spacial score (nSPS) is 16.8. The van der Waals surface area contributed by atoms with Crippen LogP contribution in [0.4, 0.5) is 0 Å². The molecule has 0 aromatic rings. The summed E-state index contributed by atoms with van der Waals surface area (Å²) in [4.78, 5) is 0. The van der Waals surface area contributed by atoms with Gasteiger partial charge in [-0.25, -0.2) is 5.57 Å². The van der Waals surface area contributed by atoms with Crippen LogP contribution in [0.15, 0.2) is 16.7 Å². The van der Waals surface area contributed by atoms with Crippen molar-refractivity contribution in [2.45, 2.75) is 34.6 Å². The fourth-order valence-corrected chi connectivity index (χ4v) is 1.41. The van der Waals surface area contributed by atoms with Crippen LogP contribution in [0.25, 0.3) is 0 Å². The molecule has 0 amide bonds. The fourth-order valence-electron chi connectivity index (χ4n) is 1.41. The van der Waals surface area contributed by atoms with Gasteiger partial charge in [-0.05, 0) is 0 Å². The van der Waals surface area contributed by atoms with Gasteiger partial charge in [-0.15, -0.1) is 6.92 Å². The first-order valence-corrected chi connectivity index (χ1v) is 3.75. The molecule has 0 unspecified atom stereocenters. The van der Waals surface area contributed by atoms with Gasteiger partial charge >= 0.3 is 20.1 Å². The van der Waals surface area contributed by atoms with E-state index in [-0.39, 0.29) is 62.7 Å². The Morgan fingerprint density at radius 3 is 1.36 bits per heavy atom. The van der Waals surface area contributed by atoms with Crippen molar-refractivity contribution in [3.8, 4) is 0 Å². The Morgan fingerprint density at radius 2 is 1.29 bits per heavy atom. The van der Waals surface area contributed by atoms with E-state index >= 15 is 0 Å². The van der Waals surface area contributed by atoms with Gasteiger partial charge in [0.15, 0.2) is 0 Å². The molecule has 0 bridgehead atoms. The van der Waals surface area contributed by atoms with Gasteiger partial charge in [-0.3, -0.25) is 6.08 Å². The molecule has 0 saturated heterocycles. The molecule has 0 aromatic carbocycles. The SMILES string of the molecule is CC1=[C-]C(C)(C)C(C)=C1C.[Cl-].[Cl-].[Cl-].[Ir+3]. The molecule has 86 valence electrons. The molecule has 1 rings (SSSR count). The standard InChI is InChI=1S/C10H15.3ClH.Ir/c1-7-6-10(4,5)9(3)8(7)2;;;;/h1-5H3;3*1H;/q-1;;;;+3/p-3. The number of allylic oxidation sites excluding steroid dienone is 4. The van der Waals surface area contributed by atoms with Crippen molar-refractivity contribution in [3.05, 3.63) is 22.8 Å². The Labute approximate surface area is 120 Å². The molecule has 0 spiro atoms. The second kappa shape index (κ2) is 8.19. The predicted octanol–water partition coefficient (Wildman–Crippen LogP) is -5.88. The minimum atomic E-state index is 0. The van der Waals surface area contributed by atoms with Crippen LogP contribution in [0.2, 0.25) is 0 Å². The molecule has 0 aromatic heterocycles. The number of rotatable bonds is 0. The van der Waals surface area contributed by atoms with Crippen LogP contribution in [-0.4, -0.2) is 0 Å². The van der Waals surface area contributed by atoms with Crippen molar-refractivity contribution in [1.82, 2.24) is 0 Å². The third-order valence-corrected chi connectivity index (χ3v) is 2.56. The Balaban J connectivity index is -0.000000125. The topological polar surface area (TPSA) is 0 Å². The first kappa shape index (κ1) is 24.3. The zero-order valence-electron chi connectivity index (χ0n) is 8.97. The summed E-state index contributed by atoms with van der Waals surface area (Å²) in [7, 11) is 0. The van der Waals surface area contributed by atoms with E-state index in [2.05, 4.69) is 40.7 Å². The smallest absolute Gasteiger partial charge is 1.00 e. The summed E-state index contributed by atoms with van der Waals surface area (Å²) in [5.41, 5.74) is 4.39. The second-order valence-corrected chi connectivity index (χ2v) is 3.62. The first-order chi connectivity index (χ1) is 4.45. The quantitative estimate of drug-likeness (QED) is 0.334. The summed E-state index contributed by atoms with van der Waals surface area (Å²) in [6.45, 7) is 10.9. The van der Waals surface area contributed by atoms with E-state index in [1.54, 1.807) is 0 Å². The molecule has 1 aliphatic rings. The van der Waals surface area contributed by atoms with Crippen LogP contribution in [0.3, 0.4) is 0 Å². The largest absolute Gasteiger partial charge is 3.00 e. The average Bonchev–Trinajstić information content (AvgIpc) is 1.95. The summed E-state index contributed by atoms with van der Waals surface area (Å²) in [5, 5.41) is 0. The van der Waals surface area contributed by atoms with Crippen molar-refractivity contribution in [1.29, 1.82) is 0 Å². The van der Waals surface area contributed by atoms with E-state index in [0.717, 1.165) is 0 Å². The van der Waals surface area contributed by atoms with Crippen LogP contribution >= 0.6 is 0 Å². The third kappa shape index (κ3) is 4.68. The average molecular weight is 434 g/mol. The molecular formula is C10H15Cl3Ir-. The summed E-state index contributed by atoms with van der Waals surface area (Å²) in [5.74, 6) is 0. The minimum absolute atomic E-state index is 0. The number of hydrogen-bond donors (Lipinski definition) is 0. The van der Waals surface area contributed by atoms with Crippen LogP contribution in [0.1, 0.15) is 34.6 Å². The van der Waals surface area contributed by atoms with E-state index in [4.69, 9.17) is 0 Å². The summed E-state index contributed by atoms with van der Waals surface area (Å²) >= 11 is 0. The van der Waals surface area contributed by atoms with Crippen molar-refractivity contribution < 1.29 is 57.3 Å². The van der Waals surface area contributed by atoms with E-state index < -0.39 is 0 Å². The van der Waals surface area contributed by atoms with Gasteiger partial charge in [-0.1, -0.05) is 33.1 Å². The number of hydrogen-bond acceptors (Lipinski definition) is 0. The maximum absolute atomic E-state index is 3.44. The summed E-state index contributed by atoms with van der Waals surface area (Å²) in [6, 6.07) is 0. The molecule has 0 fully saturated rings. The molecule has 0 nitrogen and oxygen atoms in total. The summed E-state index contributed by atoms with van der Waals surface area (Å²) in [6.07, 6.45) is 3.44. The Hall–Kier alpha value is 0.999. The van der Waals surface area contributed by atoms with Gasteiger partial charge in [0.1, 0.15) is 0 Å². The van der Waals surface area contributed by atoms with Crippen molar-refractivity contribution >= 4 is 0 Å². The molecule has 0 heterocycles. The zero-order valence-corrected chi connectivity index (χ0v) is 13.6. The first-order valence-electron chi connectivity index (χ1n) is 3.75. The van der Waals surface area contributed by atoms with E-state index in [1.165, 1.54) is 16.7 Å². The molecule has 14 heavy (non-hydrogen) atoms. The maximum atomic E-state index is 3.44. The second-order valence-electron chi connectivity index (χ2n) is 3.62. The van der Waals surface area contributed by atoms with Crippen LogP contribution in [0.5, 0.6) is 0 Å². The van der Waals surface area contributed by atoms with Gasteiger partial charge < -0.3 is 37.2 Å².